The van der Waals surface area contributed by atoms with Gasteiger partial charge in [0.1, 0.15) is 11.6 Å². The molecule has 0 saturated carbocycles. The summed E-state index contributed by atoms with van der Waals surface area (Å²) in [7, 11) is 0. The van der Waals surface area contributed by atoms with Crippen LogP contribution < -0.4 is 10.6 Å². The van der Waals surface area contributed by atoms with Crippen molar-refractivity contribution in [3.63, 3.8) is 0 Å². The van der Waals surface area contributed by atoms with Crippen molar-refractivity contribution in [2.45, 2.75) is 52.7 Å². The first kappa shape index (κ1) is 19.9. The Balaban J connectivity index is 2.51. The van der Waals surface area contributed by atoms with Crippen LogP contribution in [-0.2, 0) is 25.5 Å². The largest absolute Gasteiger partial charge is 0.466 e. The Morgan fingerprint density at radius 1 is 1.33 bits per heavy atom. The molecule has 0 fully saturated rings. The van der Waals surface area contributed by atoms with E-state index in [2.05, 4.69) is 15.6 Å². The Kier molecular flexibility index (Phi) is 7.15. The maximum Gasteiger partial charge on any atom is 0.408 e. The van der Waals surface area contributed by atoms with E-state index in [1.165, 1.54) is 18.3 Å². The summed E-state index contributed by atoms with van der Waals surface area (Å²) in [5.74, 6) is -0.807. The summed E-state index contributed by atoms with van der Waals surface area (Å²) in [6.45, 7) is 8.77. The summed E-state index contributed by atoms with van der Waals surface area (Å²) in [6.07, 6.45) is -0.626. The minimum absolute atomic E-state index is 0.0475. The van der Waals surface area contributed by atoms with Gasteiger partial charge in [-0.3, -0.25) is 9.59 Å². The van der Waals surface area contributed by atoms with Gasteiger partial charge in [0.15, 0.2) is 5.13 Å². The van der Waals surface area contributed by atoms with Gasteiger partial charge in [0.05, 0.1) is 18.7 Å². The molecule has 8 nitrogen and oxygen atoms in total. The van der Waals surface area contributed by atoms with Crippen LogP contribution in [0.25, 0.3) is 0 Å². The molecule has 1 aromatic heterocycles. The molecule has 24 heavy (non-hydrogen) atoms. The van der Waals surface area contributed by atoms with E-state index in [-0.39, 0.29) is 12.4 Å². The number of hydrogen-bond acceptors (Lipinski definition) is 7. The second-order valence-electron chi connectivity index (χ2n) is 5.98. The van der Waals surface area contributed by atoms with E-state index in [1.807, 2.05) is 0 Å². The maximum absolute atomic E-state index is 12.0. The van der Waals surface area contributed by atoms with Crippen LogP contribution in [0.4, 0.5) is 9.93 Å². The first-order chi connectivity index (χ1) is 11.1. The lowest BCUT2D eigenvalue weighted by Crippen LogP contribution is -2.43. The fraction of sp³-hybridized carbons (Fsp3) is 0.600. The smallest absolute Gasteiger partial charge is 0.408 e. The van der Waals surface area contributed by atoms with E-state index in [1.54, 1.807) is 33.1 Å². The van der Waals surface area contributed by atoms with Crippen molar-refractivity contribution in [2.24, 2.45) is 0 Å². The zero-order valence-electron chi connectivity index (χ0n) is 14.5. The number of ether oxygens (including phenoxy) is 2. The zero-order valence-corrected chi connectivity index (χ0v) is 15.3. The van der Waals surface area contributed by atoms with Crippen molar-refractivity contribution < 1.29 is 23.9 Å². The fourth-order valence-electron chi connectivity index (χ4n) is 1.57. The summed E-state index contributed by atoms with van der Waals surface area (Å²) >= 11 is 1.19. The summed E-state index contributed by atoms with van der Waals surface area (Å²) in [5, 5.41) is 7.03. The van der Waals surface area contributed by atoms with Crippen molar-refractivity contribution in [3.8, 4) is 0 Å². The van der Waals surface area contributed by atoms with Crippen LogP contribution in [0, 0.1) is 0 Å². The van der Waals surface area contributed by atoms with Gasteiger partial charge in [0, 0.05) is 5.38 Å². The average molecular weight is 357 g/mol. The molecule has 9 heteroatoms. The SMILES string of the molecule is CCOC(=O)Cc1csc(NC(=O)[C@@H](C)NC(=O)OC(C)(C)C)n1. The Hall–Kier alpha value is -2.16. The lowest BCUT2D eigenvalue weighted by atomic mass is 10.2. The van der Waals surface area contributed by atoms with E-state index in [0.29, 0.717) is 17.4 Å². The highest BCUT2D eigenvalue weighted by Gasteiger charge is 2.21. The zero-order chi connectivity index (χ0) is 18.3. The first-order valence-corrected chi connectivity index (χ1v) is 8.39. The molecule has 0 unspecified atom stereocenters. The van der Waals surface area contributed by atoms with E-state index in [0.717, 1.165) is 0 Å². The van der Waals surface area contributed by atoms with Gasteiger partial charge in [-0.1, -0.05) is 0 Å². The van der Waals surface area contributed by atoms with Crippen molar-refractivity contribution in [1.29, 1.82) is 0 Å². The third-order valence-electron chi connectivity index (χ3n) is 2.54. The molecule has 1 rings (SSSR count). The molecule has 0 aliphatic heterocycles. The molecule has 1 atom stereocenters. The van der Waals surface area contributed by atoms with Crippen LogP contribution in [0.5, 0.6) is 0 Å². The summed E-state index contributed by atoms with van der Waals surface area (Å²) in [4.78, 5) is 39.2. The molecule has 134 valence electrons. The highest BCUT2D eigenvalue weighted by atomic mass is 32.1. The van der Waals surface area contributed by atoms with Crippen LogP contribution >= 0.6 is 11.3 Å². The minimum Gasteiger partial charge on any atom is -0.466 e. The molecule has 2 amide bonds. The topological polar surface area (TPSA) is 107 Å². The average Bonchev–Trinajstić information content (AvgIpc) is 2.83. The van der Waals surface area contributed by atoms with Crippen LogP contribution in [0.3, 0.4) is 0 Å². The molecular formula is C15H23N3O5S. The van der Waals surface area contributed by atoms with Gasteiger partial charge in [-0.05, 0) is 34.6 Å². The van der Waals surface area contributed by atoms with Gasteiger partial charge in [0.25, 0.3) is 0 Å². The van der Waals surface area contributed by atoms with Gasteiger partial charge >= 0.3 is 12.1 Å². The fourth-order valence-corrected chi connectivity index (χ4v) is 2.28. The quantitative estimate of drug-likeness (QED) is 0.755. The molecule has 0 aliphatic rings. The third kappa shape index (κ3) is 7.40. The molecule has 0 aromatic carbocycles. The van der Waals surface area contributed by atoms with Crippen molar-refractivity contribution in [1.82, 2.24) is 10.3 Å². The molecule has 2 N–H and O–H groups in total. The summed E-state index contributed by atoms with van der Waals surface area (Å²) in [5.41, 5.74) is -0.126. The van der Waals surface area contributed by atoms with Crippen LogP contribution in [0.2, 0.25) is 0 Å². The third-order valence-corrected chi connectivity index (χ3v) is 3.35. The summed E-state index contributed by atoms with van der Waals surface area (Å²) < 4.78 is 9.92. The molecule has 0 aliphatic carbocycles. The minimum atomic E-state index is -0.794. The van der Waals surface area contributed by atoms with E-state index in [4.69, 9.17) is 9.47 Å². The Morgan fingerprint density at radius 3 is 2.58 bits per heavy atom. The molecule has 1 aromatic rings. The first-order valence-electron chi connectivity index (χ1n) is 7.51. The number of anilines is 1. The molecule has 0 radical (unpaired) electrons. The predicted octanol–water partition coefficient (Wildman–Crippen LogP) is 2.10. The van der Waals surface area contributed by atoms with Gasteiger partial charge in [-0.25, -0.2) is 9.78 Å². The standard InChI is InChI=1S/C15H23N3O5S/c1-6-22-11(19)7-10-8-24-13(17-10)18-12(20)9(2)16-14(21)23-15(3,4)5/h8-9H,6-7H2,1-5H3,(H,16,21)(H,17,18,20)/t9-/m1/s1. The second-order valence-corrected chi connectivity index (χ2v) is 6.84. The van der Waals surface area contributed by atoms with Gasteiger partial charge in [0.2, 0.25) is 5.91 Å². The van der Waals surface area contributed by atoms with E-state index in [9.17, 15) is 14.4 Å². The van der Waals surface area contributed by atoms with Gasteiger partial charge in [-0.2, -0.15) is 0 Å². The predicted molar refractivity (Wildman–Crippen MR) is 89.9 cm³/mol. The van der Waals surface area contributed by atoms with Crippen LogP contribution in [-0.4, -0.2) is 41.2 Å². The Labute approximate surface area is 144 Å². The number of hydrogen-bond donors (Lipinski definition) is 2. The number of nitrogens with zero attached hydrogens (tertiary/aromatic N) is 1. The maximum atomic E-state index is 12.0. The number of esters is 1. The van der Waals surface area contributed by atoms with Crippen molar-refractivity contribution >= 4 is 34.4 Å². The number of rotatable bonds is 6. The van der Waals surface area contributed by atoms with Crippen LogP contribution in [0.1, 0.15) is 40.3 Å². The number of nitrogens with one attached hydrogen (secondary N) is 2. The monoisotopic (exact) mass is 357 g/mol. The van der Waals surface area contributed by atoms with E-state index >= 15 is 0 Å². The summed E-state index contributed by atoms with van der Waals surface area (Å²) in [6, 6.07) is -0.794. The Morgan fingerprint density at radius 2 is 2.00 bits per heavy atom. The molecule has 0 saturated heterocycles. The highest BCUT2D eigenvalue weighted by Crippen LogP contribution is 2.16. The lowest BCUT2D eigenvalue weighted by Gasteiger charge is -2.21. The molecular weight excluding hydrogens is 334 g/mol. The number of carbonyl (C=O) groups is 3. The number of alkyl carbamates (subject to hydrolysis) is 1. The second kappa shape index (κ2) is 8.62. The number of carbonyl (C=O) groups excluding carboxylic acids is 3. The number of aromatic nitrogens is 1. The van der Waals surface area contributed by atoms with Crippen molar-refractivity contribution in [3.05, 3.63) is 11.1 Å². The van der Waals surface area contributed by atoms with Gasteiger partial charge < -0.3 is 20.1 Å². The van der Waals surface area contributed by atoms with Gasteiger partial charge in [-0.15, -0.1) is 11.3 Å². The Bertz CT molecular complexity index is 594. The lowest BCUT2D eigenvalue weighted by molar-refractivity contribution is -0.142. The normalized spacial score (nSPS) is 12.2. The number of amides is 2. The molecule has 0 bridgehead atoms. The van der Waals surface area contributed by atoms with E-state index < -0.39 is 23.6 Å². The number of thiazole rings is 1. The van der Waals surface area contributed by atoms with Crippen LogP contribution in [0.15, 0.2) is 5.38 Å². The van der Waals surface area contributed by atoms with Crippen molar-refractivity contribution in [2.75, 3.05) is 11.9 Å². The highest BCUT2D eigenvalue weighted by molar-refractivity contribution is 7.13. The molecule has 1 heterocycles. The molecule has 0 spiro atoms.